The molecular weight excluding hydrogens is 220 g/mol. The molecule has 4 nitrogen and oxygen atoms in total. The summed E-state index contributed by atoms with van der Waals surface area (Å²) in [6.07, 6.45) is 5.00. The van der Waals surface area contributed by atoms with Crippen molar-refractivity contribution in [3.8, 4) is 11.3 Å². The first-order chi connectivity index (χ1) is 7.83. The smallest absolute Gasteiger partial charge is 0.183 e. The first-order valence-corrected chi connectivity index (χ1v) is 6.43. The molecule has 0 atom stereocenters. The maximum Gasteiger partial charge on any atom is 0.183 e. The lowest BCUT2D eigenvalue weighted by atomic mass is 10.3. The van der Waals surface area contributed by atoms with Crippen LogP contribution in [0, 0.1) is 0 Å². The largest absolute Gasteiger partial charge is 0.362 e. The molecule has 0 radical (unpaired) electrons. The van der Waals surface area contributed by atoms with E-state index in [-0.39, 0.29) is 0 Å². The number of aryl methyl sites for hydroxylation is 1. The molecule has 2 heterocycles. The number of rotatable bonds is 5. The monoisotopic (exact) mass is 236 g/mol. The van der Waals surface area contributed by atoms with E-state index >= 15 is 0 Å². The predicted molar refractivity (Wildman–Crippen MR) is 67.8 cm³/mol. The fourth-order valence-corrected chi connectivity index (χ4v) is 2.14. The number of nitrogens with one attached hydrogen (secondary N) is 1. The van der Waals surface area contributed by atoms with Crippen molar-refractivity contribution in [3.63, 3.8) is 0 Å². The van der Waals surface area contributed by atoms with Crippen molar-refractivity contribution in [3.05, 3.63) is 17.8 Å². The lowest BCUT2D eigenvalue weighted by molar-refractivity contribution is 0.660. The molecule has 2 aromatic rings. The van der Waals surface area contributed by atoms with E-state index in [0.717, 1.165) is 35.9 Å². The van der Waals surface area contributed by atoms with Gasteiger partial charge in [0.25, 0.3) is 0 Å². The van der Waals surface area contributed by atoms with Gasteiger partial charge in [-0.25, -0.2) is 4.98 Å². The van der Waals surface area contributed by atoms with Crippen molar-refractivity contribution in [1.29, 1.82) is 0 Å². The third kappa shape index (κ3) is 2.41. The molecule has 16 heavy (non-hydrogen) atoms. The maximum absolute atomic E-state index is 4.52. The summed E-state index contributed by atoms with van der Waals surface area (Å²) in [6.45, 7) is 6.09. The van der Waals surface area contributed by atoms with Gasteiger partial charge in [-0.05, 0) is 13.3 Å². The molecule has 5 heteroatoms. The zero-order chi connectivity index (χ0) is 11.4. The average Bonchev–Trinajstić information content (AvgIpc) is 2.94. The zero-order valence-corrected chi connectivity index (χ0v) is 10.4. The van der Waals surface area contributed by atoms with Crippen molar-refractivity contribution >= 4 is 16.5 Å². The van der Waals surface area contributed by atoms with Gasteiger partial charge in [-0.1, -0.05) is 6.92 Å². The second-order valence-corrected chi connectivity index (χ2v) is 4.41. The highest BCUT2D eigenvalue weighted by Crippen LogP contribution is 2.24. The summed E-state index contributed by atoms with van der Waals surface area (Å²) in [5.41, 5.74) is 2.09. The van der Waals surface area contributed by atoms with Crippen LogP contribution in [0.25, 0.3) is 11.3 Å². The van der Waals surface area contributed by atoms with Crippen LogP contribution in [0.1, 0.15) is 20.3 Å². The molecular formula is C11H16N4S. The topological polar surface area (TPSA) is 42.7 Å². The van der Waals surface area contributed by atoms with E-state index in [1.54, 1.807) is 11.3 Å². The molecule has 0 aliphatic carbocycles. The SMILES string of the molecule is CCCNc1nc(-c2cnn(CC)c2)cs1. The van der Waals surface area contributed by atoms with E-state index in [1.807, 2.05) is 17.1 Å². The Morgan fingerprint density at radius 1 is 1.44 bits per heavy atom. The Morgan fingerprint density at radius 2 is 2.31 bits per heavy atom. The summed E-state index contributed by atoms with van der Waals surface area (Å²) in [4.78, 5) is 4.52. The molecule has 0 spiro atoms. The van der Waals surface area contributed by atoms with Crippen LogP contribution >= 0.6 is 11.3 Å². The summed E-state index contributed by atoms with van der Waals surface area (Å²) in [5.74, 6) is 0. The van der Waals surface area contributed by atoms with Gasteiger partial charge >= 0.3 is 0 Å². The summed E-state index contributed by atoms with van der Waals surface area (Å²) in [6, 6.07) is 0. The van der Waals surface area contributed by atoms with E-state index in [2.05, 4.69) is 34.6 Å². The second-order valence-electron chi connectivity index (χ2n) is 3.55. The molecule has 0 aromatic carbocycles. The third-order valence-corrected chi connectivity index (χ3v) is 3.08. The minimum absolute atomic E-state index is 0.894. The minimum atomic E-state index is 0.894. The lowest BCUT2D eigenvalue weighted by Gasteiger charge is -1.96. The van der Waals surface area contributed by atoms with Crippen LogP contribution in [0.2, 0.25) is 0 Å². The molecule has 2 rings (SSSR count). The average molecular weight is 236 g/mol. The Kier molecular flexibility index (Phi) is 3.56. The highest BCUT2D eigenvalue weighted by Gasteiger charge is 2.05. The predicted octanol–water partition coefficient (Wildman–Crippen LogP) is 2.85. The number of aromatic nitrogens is 3. The number of hydrogen-bond donors (Lipinski definition) is 1. The summed E-state index contributed by atoms with van der Waals surface area (Å²) < 4.78 is 1.91. The number of thiazole rings is 1. The number of hydrogen-bond acceptors (Lipinski definition) is 4. The standard InChI is InChI=1S/C11H16N4S/c1-3-5-12-11-14-10(8-16-11)9-6-13-15(4-2)7-9/h6-8H,3-5H2,1-2H3,(H,12,14). The number of nitrogens with zero attached hydrogens (tertiary/aromatic N) is 3. The Morgan fingerprint density at radius 3 is 3.00 bits per heavy atom. The zero-order valence-electron chi connectivity index (χ0n) is 9.60. The van der Waals surface area contributed by atoms with Crippen LogP contribution in [-0.4, -0.2) is 21.3 Å². The van der Waals surface area contributed by atoms with Gasteiger partial charge in [0.15, 0.2) is 5.13 Å². The van der Waals surface area contributed by atoms with Crippen molar-refractivity contribution < 1.29 is 0 Å². The molecule has 86 valence electrons. The van der Waals surface area contributed by atoms with Crippen molar-refractivity contribution in [2.75, 3.05) is 11.9 Å². The highest BCUT2D eigenvalue weighted by molar-refractivity contribution is 7.14. The van der Waals surface area contributed by atoms with Gasteiger partial charge < -0.3 is 5.32 Å². The normalized spacial score (nSPS) is 10.6. The molecule has 0 aliphatic heterocycles. The van der Waals surface area contributed by atoms with Crippen LogP contribution in [0.5, 0.6) is 0 Å². The Labute approximate surface area is 99.3 Å². The quantitative estimate of drug-likeness (QED) is 0.868. The molecule has 0 saturated carbocycles. The Bertz CT molecular complexity index is 446. The van der Waals surface area contributed by atoms with Gasteiger partial charge in [0, 0.05) is 30.2 Å². The van der Waals surface area contributed by atoms with E-state index in [0.29, 0.717) is 0 Å². The molecule has 0 aliphatic rings. The molecule has 0 saturated heterocycles. The van der Waals surface area contributed by atoms with Gasteiger partial charge in [-0.2, -0.15) is 5.10 Å². The summed E-state index contributed by atoms with van der Waals surface area (Å²) in [7, 11) is 0. The van der Waals surface area contributed by atoms with Crippen LogP contribution < -0.4 is 5.32 Å². The summed E-state index contributed by atoms with van der Waals surface area (Å²) in [5, 5.41) is 10.6. The van der Waals surface area contributed by atoms with E-state index in [9.17, 15) is 0 Å². The van der Waals surface area contributed by atoms with E-state index < -0.39 is 0 Å². The van der Waals surface area contributed by atoms with Crippen molar-refractivity contribution in [1.82, 2.24) is 14.8 Å². The second kappa shape index (κ2) is 5.12. The molecule has 0 bridgehead atoms. The molecule has 0 amide bonds. The maximum atomic E-state index is 4.52. The van der Waals surface area contributed by atoms with Gasteiger partial charge in [0.2, 0.25) is 0 Å². The third-order valence-electron chi connectivity index (χ3n) is 2.28. The van der Waals surface area contributed by atoms with Gasteiger partial charge in [-0.3, -0.25) is 4.68 Å². The molecule has 1 N–H and O–H groups in total. The van der Waals surface area contributed by atoms with Gasteiger partial charge in [-0.15, -0.1) is 11.3 Å². The molecule has 0 unspecified atom stereocenters. The lowest BCUT2D eigenvalue weighted by Crippen LogP contribution is -1.98. The first kappa shape index (κ1) is 11.1. The van der Waals surface area contributed by atoms with Crippen LogP contribution in [0.15, 0.2) is 17.8 Å². The Hall–Kier alpha value is -1.36. The molecule has 2 aromatic heterocycles. The number of anilines is 1. The van der Waals surface area contributed by atoms with Gasteiger partial charge in [0.05, 0.1) is 11.9 Å². The van der Waals surface area contributed by atoms with Crippen molar-refractivity contribution in [2.45, 2.75) is 26.8 Å². The van der Waals surface area contributed by atoms with E-state index in [1.165, 1.54) is 0 Å². The fourth-order valence-electron chi connectivity index (χ4n) is 1.39. The summed E-state index contributed by atoms with van der Waals surface area (Å²) >= 11 is 1.64. The van der Waals surface area contributed by atoms with Crippen LogP contribution in [-0.2, 0) is 6.54 Å². The van der Waals surface area contributed by atoms with Gasteiger partial charge in [0.1, 0.15) is 0 Å². The van der Waals surface area contributed by atoms with Crippen molar-refractivity contribution in [2.24, 2.45) is 0 Å². The first-order valence-electron chi connectivity index (χ1n) is 5.55. The molecule has 0 fully saturated rings. The van der Waals surface area contributed by atoms with E-state index in [4.69, 9.17) is 0 Å². The Balaban J connectivity index is 2.11. The fraction of sp³-hybridized carbons (Fsp3) is 0.455. The highest BCUT2D eigenvalue weighted by atomic mass is 32.1. The minimum Gasteiger partial charge on any atom is -0.362 e. The van der Waals surface area contributed by atoms with Crippen LogP contribution in [0.3, 0.4) is 0 Å². The van der Waals surface area contributed by atoms with Crippen LogP contribution in [0.4, 0.5) is 5.13 Å².